The van der Waals surface area contributed by atoms with E-state index in [2.05, 4.69) is 5.32 Å². The standard InChI is InChI=1S/C11H24N2O2/c1-8(2)7-10(12)11(15)13-6-4-5-9(3)14/h8-10,14H,4-7,12H2,1-3H3,(H,13,15)/t9?,10-/m1/s1. The van der Waals surface area contributed by atoms with E-state index < -0.39 is 6.04 Å². The van der Waals surface area contributed by atoms with Gasteiger partial charge in [-0.2, -0.15) is 0 Å². The second-order valence-corrected chi connectivity index (χ2v) is 4.52. The van der Waals surface area contributed by atoms with Gasteiger partial charge in [0.1, 0.15) is 0 Å². The van der Waals surface area contributed by atoms with E-state index in [1.165, 1.54) is 0 Å². The fourth-order valence-electron chi connectivity index (χ4n) is 1.36. The highest BCUT2D eigenvalue weighted by molar-refractivity contribution is 5.81. The molecule has 0 heterocycles. The highest BCUT2D eigenvalue weighted by Crippen LogP contribution is 2.02. The van der Waals surface area contributed by atoms with Gasteiger partial charge in [-0.25, -0.2) is 0 Å². The molecule has 1 unspecified atom stereocenters. The van der Waals surface area contributed by atoms with Crippen LogP contribution in [0.15, 0.2) is 0 Å². The Kier molecular flexibility index (Phi) is 7.34. The molecule has 0 aliphatic carbocycles. The normalized spacial score (nSPS) is 15.1. The average Bonchev–Trinajstić information content (AvgIpc) is 2.10. The molecule has 0 aromatic rings. The Morgan fingerprint density at radius 1 is 1.40 bits per heavy atom. The number of nitrogens with two attached hydrogens (primary N) is 1. The third-order valence-electron chi connectivity index (χ3n) is 2.16. The molecule has 0 fully saturated rings. The number of aliphatic hydroxyl groups is 1. The fraction of sp³-hybridized carbons (Fsp3) is 0.909. The van der Waals surface area contributed by atoms with Crippen molar-refractivity contribution in [3.05, 3.63) is 0 Å². The Morgan fingerprint density at radius 2 is 2.00 bits per heavy atom. The summed E-state index contributed by atoms with van der Waals surface area (Å²) in [5, 5.41) is 11.8. The summed E-state index contributed by atoms with van der Waals surface area (Å²) in [6.45, 7) is 6.42. The van der Waals surface area contributed by atoms with Gasteiger partial charge in [0.05, 0.1) is 12.1 Å². The van der Waals surface area contributed by atoms with Crippen molar-refractivity contribution in [2.45, 2.75) is 52.2 Å². The van der Waals surface area contributed by atoms with Crippen LogP contribution in [-0.2, 0) is 4.79 Å². The molecule has 4 N–H and O–H groups in total. The predicted molar refractivity (Wildman–Crippen MR) is 61.4 cm³/mol. The van der Waals surface area contributed by atoms with Gasteiger partial charge in [-0.05, 0) is 32.1 Å². The zero-order chi connectivity index (χ0) is 11.8. The third-order valence-corrected chi connectivity index (χ3v) is 2.16. The van der Waals surface area contributed by atoms with Crippen LogP contribution in [0.4, 0.5) is 0 Å². The highest BCUT2D eigenvalue weighted by Gasteiger charge is 2.13. The van der Waals surface area contributed by atoms with Crippen LogP contribution in [-0.4, -0.2) is 29.7 Å². The molecule has 0 aliphatic rings. The first-order valence-corrected chi connectivity index (χ1v) is 5.64. The maximum atomic E-state index is 11.4. The molecule has 0 spiro atoms. The van der Waals surface area contributed by atoms with Crippen LogP contribution < -0.4 is 11.1 Å². The molecule has 0 radical (unpaired) electrons. The van der Waals surface area contributed by atoms with Crippen molar-refractivity contribution < 1.29 is 9.90 Å². The topological polar surface area (TPSA) is 75.4 Å². The molecule has 0 aliphatic heterocycles. The lowest BCUT2D eigenvalue weighted by Gasteiger charge is -2.14. The molecule has 0 bridgehead atoms. The van der Waals surface area contributed by atoms with Gasteiger partial charge in [-0.3, -0.25) is 4.79 Å². The molecule has 4 nitrogen and oxygen atoms in total. The SMILES string of the molecule is CC(C)C[C@@H](N)C(=O)NCCCC(C)O. The van der Waals surface area contributed by atoms with Crippen LogP contribution in [0.25, 0.3) is 0 Å². The summed E-state index contributed by atoms with van der Waals surface area (Å²) in [4.78, 5) is 11.4. The number of hydrogen-bond donors (Lipinski definition) is 3. The van der Waals surface area contributed by atoms with Crippen molar-refractivity contribution >= 4 is 5.91 Å². The molecule has 0 saturated carbocycles. The second kappa shape index (κ2) is 7.65. The van der Waals surface area contributed by atoms with Crippen molar-refractivity contribution in [1.82, 2.24) is 5.32 Å². The van der Waals surface area contributed by atoms with Gasteiger partial charge in [-0.15, -0.1) is 0 Å². The zero-order valence-electron chi connectivity index (χ0n) is 9.99. The number of hydrogen-bond acceptors (Lipinski definition) is 3. The monoisotopic (exact) mass is 216 g/mol. The molecule has 0 rings (SSSR count). The molecular formula is C11H24N2O2. The first-order valence-electron chi connectivity index (χ1n) is 5.64. The number of aliphatic hydroxyl groups excluding tert-OH is 1. The molecule has 4 heteroatoms. The smallest absolute Gasteiger partial charge is 0.236 e. The lowest BCUT2D eigenvalue weighted by atomic mass is 10.0. The first kappa shape index (κ1) is 14.4. The van der Waals surface area contributed by atoms with Gasteiger partial charge >= 0.3 is 0 Å². The second-order valence-electron chi connectivity index (χ2n) is 4.52. The Morgan fingerprint density at radius 3 is 2.47 bits per heavy atom. The average molecular weight is 216 g/mol. The number of rotatable bonds is 7. The maximum absolute atomic E-state index is 11.4. The van der Waals surface area contributed by atoms with Crippen LogP contribution in [0.1, 0.15) is 40.0 Å². The van der Waals surface area contributed by atoms with E-state index in [1.54, 1.807) is 6.92 Å². The largest absolute Gasteiger partial charge is 0.393 e. The third kappa shape index (κ3) is 8.39. The summed E-state index contributed by atoms with van der Waals surface area (Å²) in [7, 11) is 0. The van der Waals surface area contributed by atoms with Gasteiger partial charge in [-0.1, -0.05) is 13.8 Å². The van der Waals surface area contributed by atoms with E-state index in [-0.39, 0.29) is 12.0 Å². The van der Waals surface area contributed by atoms with E-state index in [0.29, 0.717) is 25.3 Å². The molecule has 2 atom stereocenters. The van der Waals surface area contributed by atoms with E-state index >= 15 is 0 Å². The van der Waals surface area contributed by atoms with Crippen molar-refractivity contribution in [2.75, 3.05) is 6.54 Å². The maximum Gasteiger partial charge on any atom is 0.236 e. The van der Waals surface area contributed by atoms with E-state index in [0.717, 1.165) is 6.42 Å². The van der Waals surface area contributed by atoms with Gasteiger partial charge in [0.2, 0.25) is 5.91 Å². The van der Waals surface area contributed by atoms with Gasteiger partial charge < -0.3 is 16.2 Å². The summed E-state index contributed by atoms with van der Waals surface area (Å²) < 4.78 is 0. The summed E-state index contributed by atoms with van der Waals surface area (Å²) >= 11 is 0. The Labute approximate surface area is 92.2 Å². The lowest BCUT2D eigenvalue weighted by molar-refractivity contribution is -0.122. The van der Waals surface area contributed by atoms with E-state index in [1.807, 2.05) is 13.8 Å². The van der Waals surface area contributed by atoms with Crippen molar-refractivity contribution in [3.8, 4) is 0 Å². The highest BCUT2D eigenvalue weighted by atomic mass is 16.3. The van der Waals surface area contributed by atoms with Gasteiger partial charge in [0.15, 0.2) is 0 Å². The number of carbonyl (C=O) groups excluding carboxylic acids is 1. The van der Waals surface area contributed by atoms with Crippen LogP contribution in [0.3, 0.4) is 0 Å². The first-order chi connectivity index (χ1) is 6.93. The fourth-order valence-corrected chi connectivity index (χ4v) is 1.36. The van der Waals surface area contributed by atoms with Crippen LogP contribution in [0, 0.1) is 5.92 Å². The zero-order valence-corrected chi connectivity index (χ0v) is 9.99. The molecule has 0 saturated heterocycles. The molecule has 0 aromatic heterocycles. The number of carbonyl (C=O) groups is 1. The molecule has 15 heavy (non-hydrogen) atoms. The summed E-state index contributed by atoms with van der Waals surface area (Å²) in [6, 6.07) is -0.406. The minimum Gasteiger partial charge on any atom is -0.393 e. The number of nitrogens with one attached hydrogen (secondary N) is 1. The van der Waals surface area contributed by atoms with Crippen molar-refractivity contribution in [1.29, 1.82) is 0 Å². The minimum absolute atomic E-state index is 0.0886. The van der Waals surface area contributed by atoms with E-state index in [4.69, 9.17) is 10.8 Å². The Bertz CT molecular complexity index is 181. The van der Waals surface area contributed by atoms with Crippen LogP contribution in [0.5, 0.6) is 0 Å². The molecular weight excluding hydrogens is 192 g/mol. The minimum atomic E-state index is -0.406. The lowest BCUT2D eigenvalue weighted by Crippen LogP contribution is -2.41. The quantitative estimate of drug-likeness (QED) is 0.547. The van der Waals surface area contributed by atoms with E-state index in [9.17, 15) is 4.79 Å². The van der Waals surface area contributed by atoms with Crippen molar-refractivity contribution in [3.63, 3.8) is 0 Å². The predicted octanol–water partition coefficient (Wildman–Crippen LogP) is 0.637. The summed E-state index contributed by atoms with van der Waals surface area (Å²) in [5.41, 5.74) is 5.70. The van der Waals surface area contributed by atoms with Gasteiger partial charge in [0.25, 0.3) is 0 Å². The summed E-state index contributed by atoms with van der Waals surface area (Å²) in [6.07, 6.45) is 1.91. The van der Waals surface area contributed by atoms with Gasteiger partial charge in [0, 0.05) is 6.54 Å². The Hall–Kier alpha value is -0.610. The summed E-state index contributed by atoms with van der Waals surface area (Å²) in [5.74, 6) is 0.345. The van der Waals surface area contributed by atoms with Crippen molar-refractivity contribution in [2.24, 2.45) is 11.7 Å². The van der Waals surface area contributed by atoms with Crippen LogP contribution in [0.2, 0.25) is 0 Å². The van der Waals surface area contributed by atoms with Crippen LogP contribution >= 0.6 is 0 Å². The molecule has 1 amide bonds. The molecule has 90 valence electrons. The molecule has 0 aromatic carbocycles. The Balaban J connectivity index is 3.56. The number of amides is 1.